The number of carbonyl (C=O) groups excluding carboxylic acids is 1. The Morgan fingerprint density at radius 2 is 1.95 bits per heavy atom. The second-order valence-corrected chi connectivity index (χ2v) is 5.54. The summed E-state index contributed by atoms with van der Waals surface area (Å²) in [6.07, 6.45) is 0. The molecule has 0 aliphatic carbocycles. The second-order valence-electron chi connectivity index (χ2n) is 4.51. The van der Waals surface area contributed by atoms with Crippen LogP contribution in [-0.4, -0.2) is 24.4 Å². The first-order chi connectivity index (χ1) is 9.72. The zero-order valence-electron chi connectivity index (χ0n) is 12.0. The molecule has 21 heavy (non-hydrogen) atoms. The first-order valence-corrected chi connectivity index (χ1v) is 7.84. The first-order valence-electron chi connectivity index (χ1n) is 6.69. The topological polar surface area (TPSA) is 52.3 Å². The average molecular weight is 326 g/mol. The SMILES string of the molecule is CCOC(=O)[C@@H](N)CSCc1cccc2ccccc12.Cl. The molecule has 0 bridgehead atoms. The quantitative estimate of drug-likeness (QED) is 0.827. The van der Waals surface area contributed by atoms with Crippen molar-refractivity contribution in [2.24, 2.45) is 5.73 Å². The van der Waals surface area contributed by atoms with Gasteiger partial charge >= 0.3 is 5.97 Å². The fourth-order valence-electron chi connectivity index (χ4n) is 2.03. The molecular formula is C16H20ClNO2S. The van der Waals surface area contributed by atoms with E-state index in [0.717, 1.165) is 5.75 Å². The van der Waals surface area contributed by atoms with Crippen molar-refractivity contribution >= 4 is 40.9 Å². The van der Waals surface area contributed by atoms with E-state index in [0.29, 0.717) is 12.4 Å². The van der Waals surface area contributed by atoms with Crippen LogP contribution in [-0.2, 0) is 15.3 Å². The molecule has 2 aromatic rings. The van der Waals surface area contributed by atoms with Crippen LogP contribution >= 0.6 is 24.2 Å². The highest BCUT2D eigenvalue weighted by atomic mass is 35.5. The van der Waals surface area contributed by atoms with Crippen molar-refractivity contribution in [3.8, 4) is 0 Å². The van der Waals surface area contributed by atoms with E-state index >= 15 is 0 Å². The molecule has 0 saturated heterocycles. The summed E-state index contributed by atoms with van der Waals surface area (Å²) in [5, 5.41) is 2.49. The summed E-state index contributed by atoms with van der Waals surface area (Å²) < 4.78 is 4.90. The smallest absolute Gasteiger partial charge is 0.323 e. The molecule has 0 heterocycles. The van der Waals surface area contributed by atoms with Crippen LogP contribution in [0, 0.1) is 0 Å². The molecule has 0 unspecified atom stereocenters. The van der Waals surface area contributed by atoms with Gasteiger partial charge in [0.15, 0.2) is 0 Å². The van der Waals surface area contributed by atoms with Crippen molar-refractivity contribution in [2.45, 2.75) is 18.7 Å². The molecule has 3 nitrogen and oxygen atoms in total. The summed E-state index contributed by atoms with van der Waals surface area (Å²) >= 11 is 1.66. The molecule has 0 saturated carbocycles. The van der Waals surface area contributed by atoms with Crippen LogP contribution in [0.15, 0.2) is 42.5 Å². The minimum Gasteiger partial charge on any atom is -0.465 e. The summed E-state index contributed by atoms with van der Waals surface area (Å²) in [6.45, 7) is 2.16. The van der Waals surface area contributed by atoms with Gasteiger partial charge in [-0.15, -0.1) is 12.4 Å². The van der Waals surface area contributed by atoms with E-state index in [1.54, 1.807) is 18.7 Å². The van der Waals surface area contributed by atoms with Crippen molar-refractivity contribution in [1.29, 1.82) is 0 Å². The Hall–Kier alpha value is -1.23. The minimum atomic E-state index is -0.546. The third-order valence-electron chi connectivity index (χ3n) is 3.02. The average Bonchev–Trinajstić information content (AvgIpc) is 2.47. The van der Waals surface area contributed by atoms with Crippen molar-refractivity contribution in [3.05, 3.63) is 48.0 Å². The monoisotopic (exact) mass is 325 g/mol. The normalized spacial score (nSPS) is 11.7. The summed E-state index contributed by atoms with van der Waals surface area (Å²) in [4.78, 5) is 11.4. The summed E-state index contributed by atoms with van der Waals surface area (Å²) in [5.41, 5.74) is 7.05. The van der Waals surface area contributed by atoms with Gasteiger partial charge in [0.1, 0.15) is 6.04 Å². The number of nitrogens with two attached hydrogens (primary N) is 1. The van der Waals surface area contributed by atoms with Crippen LogP contribution < -0.4 is 5.73 Å². The van der Waals surface area contributed by atoms with Gasteiger partial charge in [-0.25, -0.2) is 0 Å². The number of esters is 1. The predicted octanol–water partition coefficient (Wildman–Crippen LogP) is 3.39. The van der Waals surface area contributed by atoms with Crippen LogP contribution in [0.3, 0.4) is 0 Å². The number of ether oxygens (including phenoxy) is 1. The Morgan fingerprint density at radius 3 is 2.71 bits per heavy atom. The lowest BCUT2D eigenvalue weighted by Crippen LogP contribution is -2.34. The molecule has 0 radical (unpaired) electrons. The van der Waals surface area contributed by atoms with Crippen molar-refractivity contribution in [2.75, 3.05) is 12.4 Å². The fourth-order valence-corrected chi connectivity index (χ4v) is 3.01. The summed E-state index contributed by atoms with van der Waals surface area (Å²) in [7, 11) is 0. The van der Waals surface area contributed by atoms with Gasteiger partial charge < -0.3 is 10.5 Å². The van der Waals surface area contributed by atoms with E-state index < -0.39 is 6.04 Å². The number of halogens is 1. The number of fused-ring (bicyclic) bond motifs is 1. The third kappa shape index (κ3) is 4.92. The lowest BCUT2D eigenvalue weighted by atomic mass is 10.1. The lowest BCUT2D eigenvalue weighted by molar-refractivity contribution is -0.144. The second kappa shape index (κ2) is 8.93. The van der Waals surface area contributed by atoms with Gasteiger partial charge in [0.05, 0.1) is 6.61 Å². The highest BCUT2D eigenvalue weighted by Crippen LogP contribution is 2.22. The molecule has 114 valence electrons. The predicted molar refractivity (Wildman–Crippen MR) is 92.0 cm³/mol. The Labute approximate surface area is 135 Å². The highest BCUT2D eigenvalue weighted by molar-refractivity contribution is 7.98. The van der Waals surface area contributed by atoms with Crippen molar-refractivity contribution in [1.82, 2.24) is 0 Å². The molecule has 0 spiro atoms. The molecule has 1 atom stereocenters. The summed E-state index contributed by atoms with van der Waals surface area (Å²) in [5.74, 6) is 1.09. The van der Waals surface area contributed by atoms with Gasteiger partial charge in [-0.05, 0) is 23.3 Å². The molecule has 0 amide bonds. The molecule has 0 aliphatic rings. The molecule has 2 N–H and O–H groups in total. The molecule has 0 aliphatic heterocycles. The van der Waals surface area contributed by atoms with Crippen LogP contribution in [0.1, 0.15) is 12.5 Å². The molecule has 0 fully saturated rings. The standard InChI is InChI=1S/C16H19NO2S.ClH/c1-2-19-16(18)15(17)11-20-10-13-8-5-7-12-6-3-4-9-14(12)13;/h3-9,15H,2,10-11,17H2,1H3;1H/t15-;/m0./s1. The van der Waals surface area contributed by atoms with E-state index in [2.05, 4.69) is 30.3 Å². The number of rotatable bonds is 6. The molecule has 2 aromatic carbocycles. The van der Waals surface area contributed by atoms with Gasteiger partial charge in [0, 0.05) is 11.5 Å². The number of hydrogen-bond donors (Lipinski definition) is 1. The maximum Gasteiger partial charge on any atom is 0.323 e. The number of carbonyl (C=O) groups is 1. The Balaban J connectivity index is 0.00000220. The van der Waals surface area contributed by atoms with Gasteiger partial charge in [0.25, 0.3) is 0 Å². The molecular weight excluding hydrogens is 306 g/mol. The zero-order chi connectivity index (χ0) is 14.4. The summed E-state index contributed by atoms with van der Waals surface area (Å²) in [6, 6.07) is 14.0. The molecule has 2 rings (SSSR count). The van der Waals surface area contributed by atoms with E-state index in [1.807, 2.05) is 12.1 Å². The Morgan fingerprint density at radius 1 is 1.24 bits per heavy atom. The maximum absolute atomic E-state index is 11.4. The number of benzene rings is 2. The van der Waals surface area contributed by atoms with E-state index in [9.17, 15) is 4.79 Å². The van der Waals surface area contributed by atoms with Gasteiger partial charge in [0.2, 0.25) is 0 Å². The van der Waals surface area contributed by atoms with Gasteiger partial charge in [-0.2, -0.15) is 11.8 Å². The largest absolute Gasteiger partial charge is 0.465 e. The van der Waals surface area contributed by atoms with Crippen LogP contribution in [0.4, 0.5) is 0 Å². The van der Waals surface area contributed by atoms with E-state index in [-0.39, 0.29) is 18.4 Å². The minimum absolute atomic E-state index is 0. The molecule has 5 heteroatoms. The van der Waals surface area contributed by atoms with Crippen molar-refractivity contribution in [3.63, 3.8) is 0 Å². The maximum atomic E-state index is 11.4. The number of thioether (sulfide) groups is 1. The fraction of sp³-hybridized carbons (Fsp3) is 0.312. The van der Waals surface area contributed by atoms with Crippen LogP contribution in [0.5, 0.6) is 0 Å². The first kappa shape index (κ1) is 17.8. The van der Waals surface area contributed by atoms with Crippen molar-refractivity contribution < 1.29 is 9.53 Å². The van der Waals surface area contributed by atoms with E-state index in [1.165, 1.54) is 16.3 Å². The third-order valence-corrected chi connectivity index (χ3v) is 4.13. The van der Waals surface area contributed by atoms with E-state index in [4.69, 9.17) is 10.5 Å². The zero-order valence-corrected chi connectivity index (χ0v) is 13.6. The Kier molecular flexibility index (Phi) is 7.57. The van der Waals surface area contributed by atoms with Gasteiger partial charge in [-0.1, -0.05) is 42.5 Å². The number of hydrogen-bond acceptors (Lipinski definition) is 4. The molecule has 0 aromatic heterocycles. The Bertz CT molecular complexity index is 586. The van der Waals surface area contributed by atoms with Gasteiger partial charge in [-0.3, -0.25) is 4.79 Å². The van der Waals surface area contributed by atoms with Crippen LogP contribution in [0.2, 0.25) is 0 Å². The lowest BCUT2D eigenvalue weighted by Gasteiger charge is -2.11. The highest BCUT2D eigenvalue weighted by Gasteiger charge is 2.14. The van der Waals surface area contributed by atoms with Crippen LogP contribution in [0.25, 0.3) is 10.8 Å².